The lowest BCUT2D eigenvalue weighted by molar-refractivity contribution is -0.143. The van der Waals surface area contributed by atoms with E-state index in [1.165, 1.54) is 7.11 Å². The zero-order chi connectivity index (χ0) is 16.0. The number of rotatable bonds is 2. The quantitative estimate of drug-likeness (QED) is 0.846. The van der Waals surface area contributed by atoms with Gasteiger partial charge in [-0.15, -0.1) is 0 Å². The molecular formula is C16H18N4O3. The summed E-state index contributed by atoms with van der Waals surface area (Å²) in [6.45, 7) is 1.30. The first kappa shape index (κ1) is 14.2. The van der Waals surface area contributed by atoms with Crippen LogP contribution < -0.4 is 0 Å². The topological polar surface area (TPSA) is 88.2 Å². The molecule has 1 spiro atoms. The van der Waals surface area contributed by atoms with E-state index in [0.717, 1.165) is 24.8 Å². The smallest absolute Gasteiger partial charge is 0.309 e. The third-order valence-corrected chi connectivity index (χ3v) is 5.18. The predicted octanol–water partition coefficient (Wildman–Crippen LogP) is 1.37. The summed E-state index contributed by atoms with van der Waals surface area (Å²) in [4.78, 5) is 37.5. The Bertz CT molecular complexity index is 743. The summed E-state index contributed by atoms with van der Waals surface area (Å²) in [7, 11) is 1.43. The Morgan fingerprint density at radius 1 is 1.39 bits per heavy atom. The van der Waals surface area contributed by atoms with E-state index in [2.05, 4.69) is 15.0 Å². The second-order valence-corrected chi connectivity index (χ2v) is 6.39. The first-order valence-electron chi connectivity index (χ1n) is 7.81. The highest BCUT2D eigenvalue weighted by molar-refractivity contribution is 5.93. The van der Waals surface area contributed by atoms with Gasteiger partial charge < -0.3 is 14.6 Å². The van der Waals surface area contributed by atoms with Crippen LogP contribution in [0.2, 0.25) is 0 Å². The minimum atomic E-state index is -0.117. The van der Waals surface area contributed by atoms with Crippen molar-refractivity contribution in [3.63, 3.8) is 0 Å². The number of hydrogen-bond donors (Lipinski definition) is 1. The maximum absolute atomic E-state index is 12.6. The molecule has 7 heteroatoms. The molecule has 1 amide bonds. The second-order valence-electron chi connectivity index (χ2n) is 6.39. The number of pyridine rings is 1. The van der Waals surface area contributed by atoms with Crippen molar-refractivity contribution < 1.29 is 14.3 Å². The van der Waals surface area contributed by atoms with Gasteiger partial charge in [0.25, 0.3) is 5.91 Å². The van der Waals surface area contributed by atoms with Crippen molar-refractivity contribution in [2.75, 3.05) is 20.2 Å². The number of hydrogen-bond acceptors (Lipinski definition) is 5. The number of likely N-dealkylation sites (tertiary alicyclic amines) is 1. The molecule has 4 rings (SSSR count). The van der Waals surface area contributed by atoms with Crippen LogP contribution in [0.1, 0.15) is 29.9 Å². The van der Waals surface area contributed by atoms with Crippen LogP contribution in [0.25, 0.3) is 11.2 Å². The van der Waals surface area contributed by atoms with Crippen LogP contribution in [0, 0.1) is 11.3 Å². The second kappa shape index (κ2) is 5.04. The van der Waals surface area contributed by atoms with Crippen LogP contribution in [0.5, 0.6) is 0 Å². The number of carbonyl (C=O) groups excluding carboxylic acids is 2. The molecule has 3 heterocycles. The average Bonchev–Trinajstić information content (AvgIpc) is 3.10. The normalized spacial score (nSPS) is 22.3. The van der Waals surface area contributed by atoms with Gasteiger partial charge in [0.05, 0.1) is 18.5 Å². The number of imidazole rings is 1. The van der Waals surface area contributed by atoms with Crippen LogP contribution in [0.3, 0.4) is 0 Å². The molecule has 1 aliphatic heterocycles. The van der Waals surface area contributed by atoms with Gasteiger partial charge in [0.1, 0.15) is 0 Å². The Labute approximate surface area is 133 Å². The number of fused-ring (bicyclic) bond motifs is 1. The highest BCUT2D eigenvalue weighted by Crippen LogP contribution is 2.59. The van der Waals surface area contributed by atoms with Gasteiger partial charge in [-0.3, -0.25) is 9.59 Å². The summed E-state index contributed by atoms with van der Waals surface area (Å²) in [5.41, 5.74) is 1.37. The van der Waals surface area contributed by atoms with Gasteiger partial charge in [-0.2, -0.15) is 0 Å². The van der Waals surface area contributed by atoms with E-state index < -0.39 is 0 Å². The molecule has 1 atom stereocenters. The Morgan fingerprint density at radius 2 is 2.17 bits per heavy atom. The van der Waals surface area contributed by atoms with E-state index >= 15 is 0 Å². The van der Waals surface area contributed by atoms with Crippen molar-refractivity contribution in [1.29, 1.82) is 0 Å². The largest absolute Gasteiger partial charge is 0.469 e. The average molecular weight is 314 g/mol. The molecule has 0 bridgehead atoms. The molecule has 2 aromatic heterocycles. The molecule has 2 fully saturated rings. The van der Waals surface area contributed by atoms with E-state index in [9.17, 15) is 9.59 Å². The maximum Gasteiger partial charge on any atom is 0.309 e. The third-order valence-electron chi connectivity index (χ3n) is 5.18. The highest BCUT2D eigenvalue weighted by atomic mass is 16.5. The zero-order valence-electron chi connectivity index (χ0n) is 12.9. The van der Waals surface area contributed by atoms with Crippen molar-refractivity contribution in [2.24, 2.45) is 11.3 Å². The summed E-state index contributed by atoms with van der Waals surface area (Å²) in [6.07, 6.45) is 4.23. The molecular weight excluding hydrogens is 296 g/mol. The molecule has 2 aromatic rings. The number of aromatic amines is 1. The number of carbonyl (C=O) groups is 2. The van der Waals surface area contributed by atoms with Gasteiger partial charge >= 0.3 is 5.97 Å². The summed E-state index contributed by atoms with van der Waals surface area (Å²) in [6, 6.07) is 3.65. The molecule has 7 nitrogen and oxygen atoms in total. The van der Waals surface area contributed by atoms with Gasteiger partial charge in [-0.05, 0) is 36.8 Å². The molecule has 1 unspecified atom stereocenters. The molecule has 1 aliphatic carbocycles. The summed E-state index contributed by atoms with van der Waals surface area (Å²) in [5.74, 6) is 0.122. The fourth-order valence-electron chi connectivity index (χ4n) is 3.63. The lowest BCUT2D eigenvalue weighted by Gasteiger charge is -2.32. The lowest BCUT2D eigenvalue weighted by atomic mass is 9.91. The van der Waals surface area contributed by atoms with Crippen LogP contribution in [0.15, 0.2) is 18.3 Å². The number of methoxy groups -OCH3 is 1. The van der Waals surface area contributed by atoms with Crippen LogP contribution in [0.4, 0.5) is 0 Å². The van der Waals surface area contributed by atoms with Crippen molar-refractivity contribution in [1.82, 2.24) is 19.9 Å². The van der Waals surface area contributed by atoms with Gasteiger partial charge in [-0.25, -0.2) is 9.97 Å². The van der Waals surface area contributed by atoms with Crippen molar-refractivity contribution in [3.05, 3.63) is 24.2 Å². The zero-order valence-corrected chi connectivity index (χ0v) is 12.9. The minimum absolute atomic E-state index is 0.0140. The molecule has 1 saturated carbocycles. The minimum Gasteiger partial charge on any atom is -0.469 e. The van der Waals surface area contributed by atoms with Gasteiger partial charge in [0, 0.05) is 19.3 Å². The van der Waals surface area contributed by atoms with E-state index in [-0.39, 0.29) is 23.2 Å². The number of H-pyrrole nitrogens is 1. The SMILES string of the molecule is COC(=O)C1CC12CCN(C(=O)c1nc3ncccc3[nH]1)CC2. The molecule has 2 aliphatic rings. The number of piperidine rings is 1. The van der Waals surface area contributed by atoms with E-state index in [4.69, 9.17) is 4.74 Å². The Hall–Kier alpha value is -2.44. The number of amides is 1. The number of ether oxygens (including phenoxy) is 1. The first-order valence-corrected chi connectivity index (χ1v) is 7.81. The van der Waals surface area contributed by atoms with E-state index in [0.29, 0.717) is 24.6 Å². The standard InChI is InChI=1S/C16H18N4O3/c1-23-15(22)10-9-16(10)4-7-20(8-5-16)14(21)13-18-11-3-2-6-17-12(11)19-13/h2-3,6,10H,4-5,7-9H2,1H3,(H,17,18,19). The van der Waals surface area contributed by atoms with Gasteiger partial charge in [0.15, 0.2) is 11.5 Å². The Kier molecular flexibility index (Phi) is 3.11. The van der Waals surface area contributed by atoms with Crippen molar-refractivity contribution >= 4 is 23.0 Å². The van der Waals surface area contributed by atoms with E-state index in [1.807, 2.05) is 6.07 Å². The number of aromatic nitrogens is 3. The van der Waals surface area contributed by atoms with Crippen molar-refractivity contribution in [3.8, 4) is 0 Å². The lowest BCUT2D eigenvalue weighted by Crippen LogP contribution is -2.40. The Balaban J connectivity index is 1.44. The summed E-state index contributed by atoms with van der Waals surface area (Å²) in [5, 5.41) is 0. The molecule has 0 aromatic carbocycles. The predicted molar refractivity (Wildman–Crippen MR) is 81.6 cm³/mol. The fraction of sp³-hybridized carbons (Fsp3) is 0.500. The summed E-state index contributed by atoms with van der Waals surface area (Å²) >= 11 is 0. The summed E-state index contributed by atoms with van der Waals surface area (Å²) < 4.78 is 4.84. The maximum atomic E-state index is 12.6. The van der Waals surface area contributed by atoms with Gasteiger partial charge in [-0.1, -0.05) is 0 Å². The highest BCUT2D eigenvalue weighted by Gasteiger charge is 2.59. The molecule has 1 N–H and O–H groups in total. The molecule has 120 valence electrons. The van der Waals surface area contributed by atoms with Gasteiger partial charge in [0.2, 0.25) is 0 Å². The molecule has 1 saturated heterocycles. The monoisotopic (exact) mass is 314 g/mol. The van der Waals surface area contributed by atoms with Crippen LogP contribution >= 0.6 is 0 Å². The molecule has 0 radical (unpaired) electrons. The molecule has 23 heavy (non-hydrogen) atoms. The first-order chi connectivity index (χ1) is 11.1. The number of nitrogens with zero attached hydrogens (tertiary/aromatic N) is 3. The van der Waals surface area contributed by atoms with Crippen LogP contribution in [-0.4, -0.2) is 51.9 Å². The Morgan fingerprint density at radius 3 is 2.87 bits per heavy atom. The number of nitrogens with one attached hydrogen (secondary N) is 1. The van der Waals surface area contributed by atoms with E-state index in [1.54, 1.807) is 17.2 Å². The van der Waals surface area contributed by atoms with Crippen LogP contribution in [-0.2, 0) is 9.53 Å². The van der Waals surface area contributed by atoms with Crippen molar-refractivity contribution in [2.45, 2.75) is 19.3 Å². The third kappa shape index (κ3) is 2.27. The fourth-order valence-corrected chi connectivity index (χ4v) is 3.63. The number of esters is 1.